The molecule has 8 heteroatoms. The lowest BCUT2D eigenvalue weighted by atomic mass is 10.2. The Morgan fingerprint density at radius 1 is 0.889 bits per heavy atom. The van der Waals surface area contributed by atoms with Gasteiger partial charge in [0.1, 0.15) is 0 Å². The summed E-state index contributed by atoms with van der Waals surface area (Å²) in [5.41, 5.74) is 1.42. The number of amides is 3. The van der Waals surface area contributed by atoms with Crippen molar-refractivity contribution >= 4 is 23.4 Å². The molecule has 0 bridgehead atoms. The van der Waals surface area contributed by atoms with Crippen molar-refractivity contribution < 1.29 is 23.9 Å². The number of nitrogens with one attached hydrogen (secondary N) is 3. The fourth-order valence-corrected chi connectivity index (χ4v) is 2.54. The minimum atomic E-state index is -0.292. The number of benzene rings is 2. The fourth-order valence-electron chi connectivity index (χ4n) is 2.54. The third-order valence-electron chi connectivity index (χ3n) is 3.78. The van der Waals surface area contributed by atoms with Crippen LogP contribution in [-0.2, 0) is 4.79 Å². The van der Waals surface area contributed by atoms with Crippen LogP contribution >= 0.6 is 0 Å². The summed E-state index contributed by atoms with van der Waals surface area (Å²) in [6.07, 6.45) is 0. The van der Waals surface area contributed by atoms with E-state index in [0.717, 1.165) is 0 Å². The molecule has 0 spiro atoms. The molecule has 2 aromatic rings. The van der Waals surface area contributed by atoms with Gasteiger partial charge in [0.15, 0.2) is 11.5 Å². The first-order chi connectivity index (χ1) is 13.0. The number of ether oxygens (including phenoxy) is 2. The van der Waals surface area contributed by atoms with Gasteiger partial charge in [0.25, 0.3) is 11.8 Å². The van der Waals surface area contributed by atoms with Crippen LogP contribution < -0.4 is 25.4 Å². The summed E-state index contributed by atoms with van der Waals surface area (Å²) in [5, 5.41) is 8.07. The summed E-state index contributed by atoms with van der Waals surface area (Å²) in [7, 11) is 0. The van der Waals surface area contributed by atoms with Crippen LogP contribution in [-0.4, -0.2) is 37.6 Å². The van der Waals surface area contributed by atoms with E-state index in [1.165, 1.54) is 6.92 Å². The monoisotopic (exact) mass is 369 g/mol. The SMILES string of the molecule is CC(=O)Nc1cccc(C(=O)NCCNC(=O)c2ccc3c(c2)OCO3)c1. The normalized spacial score (nSPS) is 11.6. The second kappa shape index (κ2) is 8.22. The first-order valence-electron chi connectivity index (χ1n) is 8.36. The molecule has 0 saturated heterocycles. The Kier molecular flexibility index (Phi) is 5.55. The Hall–Kier alpha value is -3.55. The Morgan fingerprint density at radius 2 is 1.56 bits per heavy atom. The molecule has 140 valence electrons. The highest BCUT2D eigenvalue weighted by Gasteiger charge is 2.16. The van der Waals surface area contributed by atoms with E-state index in [1.807, 2.05) is 0 Å². The van der Waals surface area contributed by atoms with Crippen molar-refractivity contribution in [2.24, 2.45) is 0 Å². The first kappa shape index (κ1) is 18.2. The molecular formula is C19H19N3O5. The average molecular weight is 369 g/mol. The molecular weight excluding hydrogens is 350 g/mol. The highest BCUT2D eigenvalue weighted by atomic mass is 16.7. The number of fused-ring (bicyclic) bond motifs is 1. The second-order valence-electron chi connectivity index (χ2n) is 5.84. The van der Waals surface area contributed by atoms with E-state index in [4.69, 9.17) is 9.47 Å². The van der Waals surface area contributed by atoms with Crippen molar-refractivity contribution in [2.75, 3.05) is 25.2 Å². The van der Waals surface area contributed by atoms with Gasteiger partial charge in [-0.1, -0.05) is 6.07 Å². The van der Waals surface area contributed by atoms with Crippen LogP contribution in [0.15, 0.2) is 42.5 Å². The van der Waals surface area contributed by atoms with Crippen LogP contribution in [0.5, 0.6) is 11.5 Å². The van der Waals surface area contributed by atoms with Crippen LogP contribution in [0.4, 0.5) is 5.69 Å². The largest absolute Gasteiger partial charge is 0.454 e. The zero-order chi connectivity index (χ0) is 19.2. The molecule has 3 rings (SSSR count). The van der Waals surface area contributed by atoms with Gasteiger partial charge in [0.2, 0.25) is 12.7 Å². The molecule has 0 aliphatic carbocycles. The van der Waals surface area contributed by atoms with Crippen molar-refractivity contribution in [3.63, 3.8) is 0 Å². The maximum absolute atomic E-state index is 12.2. The molecule has 3 amide bonds. The van der Waals surface area contributed by atoms with E-state index >= 15 is 0 Å². The Morgan fingerprint density at radius 3 is 2.26 bits per heavy atom. The summed E-state index contributed by atoms with van der Waals surface area (Å²) < 4.78 is 10.4. The van der Waals surface area contributed by atoms with Crippen LogP contribution in [0.3, 0.4) is 0 Å². The molecule has 3 N–H and O–H groups in total. The summed E-state index contributed by atoms with van der Waals surface area (Å²) >= 11 is 0. The molecule has 0 radical (unpaired) electrons. The Balaban J connectivity index is 1.46. The van der Waals surface area contributed by atoms with Crippen molar-refractivity contribution in [3.05, 3.63) is 53.6 Å². The minimum Gasteiger partial charge on any atom is -0.454 e. The van der Waals surface area contributed by atoms with Crippen LogP contribution in [0.1, 0.15) is 27.6 Å². The van der Waals surface area contributed by atoms with E-state index in [0.29, 0.717) is 28.3 Å². The van der Waals surface area contributed by atoms with Gasteiger partial charge < -0.3 is 25.4 Å². The highest BCUT2D eigenvalue weighted by molar-refractivity contribution is 5.97. The molecule has 0 atom stereocenters. The average Bonchev–Trinajstić information content (AvgIpc) is 3.12. The summed E-state index contributed by atoms with van der Waals surface area (Å²) in [6.45, 7) is 2.08. The van der Waals surface area contributed by atoms with Gasteiger partial charge in [-0.2, -0.15) is 0 Å². The lowest BCUT2D eigenvalue weighted by molar-refractivity contribution is -0.114. The number of carbonyl (C=O) groups excluding carboxylic acids is 3. The number of rotatable bonds is 6. The summed E-state index contributed by atoms with van der Waals surface area (Å²) in [5.74, 6) is 0.379. The maximum atomic E-state index is 12.2. The zero-order valence-electron chi connectivity index (χ0n) is 14.7. The van der Waals surface area contributed by atoms with Gasteiger partial charge in [0, 0.05) is 36.8 Å². The second-order valence-corrected chi connectivity index (χ2v) is 5.84. The lowest BCUT2D eigenvalue weighted by Crippen LogP contribution is -2.34. The third-order valence-corrected chi connectivity index (χ3v) is 3.78. The Labute approximate surface area is 155 Å². The van der Waals surface area contributed by atoms with Crippen LogP contribution in [0.25, 0.3) is 0 Å². The van der Waals surface area contributed by atoms with Gasteiger partial charge in [-0.3, -0.25) is 14.4 Å². The Bertz CT molecular complexity index is 881. The number of carbonyl (C=O) groups is 3. The zero-order valence-corrected chi connectivity index (χ0v) is 14.7. The van der Waals surface area contributed by atoms with E-state index in [-0.39, 0.29) is 37.6 Å². The van der Waals surface area contributed by atoms with E-state index in [2.05, 4.69) is 16.0 Å². The van der Waals surface area contributed by atoms with E-state index < -0.39 is 0 Å². The van der Waals surface area contributed by atoms with Gasteiger partial charge in [0.05, 0.1) is 0 Å². The topological polar surface area (TPSA) is 106 Å². The predicted molar refractivity (Wildman–Crippen MR) is 98.0 cm³/mol. The smallest absolute Gasteiger partial charge is 0.251 e. The standard InChI is InChI=1S/C19H19N3O5/c1-12(23)22-15-4-2-3-13(9-15)18(24)20-7-8-21-19(25)14-5-6-16-17(10-14)27-11-26-16/h2-6,9-10H,7-8,11H2,1H3,(H,20,24)(H,21,25)(H,22,23). The van der Waals surface area contributed by atoms with Gasteiger partial charge in [-0.25, -0.2) is 0 Å². The lowest BCUT2D eigenvalue weighted by Gasteiger charge is -2.09. The molecule has 27 heavy (non-hydrogen) atoms. The molecule has 1 aliphatic rings. The van der Waals surface area contributed by atoms with Crippen molar-refractivity contribution in [1.82, 2.24) is 10.6 Å². The first-order valence-corrected chi connectivity index (χ1v) is 8.36. The molecule has 0 aromatic heterocycles. The molecule has 8 nitrogen and oxygen atoms in total. The van der Waals surface area contributed by atoms with Gasteiger partial charge in [-0.15, -0.1) is 0 Å². The van der Waals surface area contributed by atoms with Gasteiger partial charge >= 0.3 is 0 Å². The van der Waals surface area contributed by atoms with Crippen molar-refractivity contribution in [3.8, 4) is 11.5 Å². The number of anilines is 1. The third kappa shape index (κ3) is 4.75. The van der Waals surface area contributed by atoms with Gasteiger partial charge in [-0.05, 0) is 36.4 Å². The maximum Gasteiger partial charge on any atom is 0.251 e. The van der Waals surface area contributed by atoms with E-state index in [9.17, 15) is 14.4 Å². The summed E-state index contributed by atoms with van der Waals surface area (Å²) in [4.78, 5) is 35.4. The fraction of sp³-hybridized carbons (Fsp3) is 0.211. The predicted octanol–water partition coefficient (Wildman–Crippen LogP) is 1.53. The molecule has 1 heterocycles. The van der Waals surface area contributed by atoms with Crippen LogP contribution in [0, 0.1) is 0 Å². The quantitative estimate of drug-likeness (QED) is 0.670. The molecule has 0 unspecified atom stereocenters. The summed E-state index contributed by atoms with van der Waals surface area (Å²) in [6, 6.07) is 11.6. The minimum absolute atomic E-state index is 0.148. The van der Waals surface area contributed by atoms with Crippen molar-refractivity contribution in [1.29, 1.82) is 0 Å². The van der Waals surface area contributed by atoms with Crippen molar-refractivity contribution in [2.45, 2.75) is 6.92 Å². The molecule has 2 aromatic carbocycles. The van der Waals surface area contributed by atoms with Crippen LogP contribution in [0.2, 0.25) is 0 Å². The molecule has 0 saturated carbocycles. The highest BCUT2D eigenvalue weighted by Crippen LogP contribution is 2.32. The molecule has 0 fully saturated rings. The van der Waals surface area contributed by atoms with E-state index in [1.54, 1.807) is 42.5 Å². The number of hydrogen-bond donors (Lipinski definition) is 3. The number of hydrogen-bond acceptors (Lipinski definition) is 5. The molecule has 1 aliphatic heterocycles.